The molecule has 4 nitrogen and oxygen atoms in total. The van der Waals surface area contributed by atoms with Gasteiger partial charge in [0.25, 0.3) is 5.91 Å². The predicted octanol–water partition coefficient (Wildman–Crippen LogP) is 1.85. The Bertz CT molecular complexity index is 340. The van der Waals surface area contributed by atoms with Crippen molar-refractivity contribution in [1.82, 2.24) is 15.5 Å². The van der Waals surface area contributed by atoms with Crippen molar-refractivity contribution in [2.24, 2.45) is 0 Å². The van der Waals surface area contributed by atoms with Gasteiger partial charge in [-0.25, -0.2) is 0 Å². The van der Waals surface area contributed by atoms with Gasteiger partial charge in [0.1, 0.15) is 0 Å². The number of nitrogens with zero attached hydrogens (tertiary/aromatic N) is 1. The molecule has 0 saturated heterocycles. The molecule has 2 N–H and O–H groups in total. The number of hydrogen-bond donors (Lipinski definition) is 2. The van der Waals surface area contributed by atoms with Crippen LogP contribution in [0.15, 0.2) is 0 Å². The van der Waals surface area contributed by atoms with Crippen molar-refractivity contribution in [3.63, 3.8) is 0 Å². The van der Waals surface area contributed by atoms with Crippen LogP contribution >= 0.6 is 23.4 Å². The lowest BCUT2D eigenvalue weighted by Gasteiger charge is -2.02. The lowest BCUT2D eigenvalue weighted by atomic mass is 10.3. The number of rotatable bonds is 5. The van der Waals surface area contributed by atoms with E-state index in [4.69, 9.17) is 11.6 Å². The minimum atomic E-state index is -0.221. The van der Waals surface area contributed by atoms with Crippen LogP contribution < -0.4 is 5.32 Å². The second-order valence-electron chi connectivity index (χ2n) is 2.96. The van der Waals surface area contributed by atoms with E-state index in [1.165, 1.54) is 0 Å². The molecule has 0 aromatic carbocycles. The van der Waals surface area contributed by atoms with Crippen LogP contribution in [0.1, 0.15) is 23.1 Å². The number of H-pyrrole nitrogens is 1. The van der Waals surface area contributed by atoms with Gasteiger partial charge in [-0.15, -0.1) is 0 Å². The molecule has 0 atom stereocenters. The first kappa shape index (κ1) is 12.4. The molecule has 0 aliphatic heterocycles. The Labute approximate surface area is 98.2 Å². The van der Waals surface area contributed by atoms with Gasteiger partial charge in [-0.1, -0.05) is 18.5 Å². The summed E-state index contributed by atoms with van der Waals surface area (Å²) >= 11 is 7.66. The van der Waals surface area contributed by atoms with E-state index >= 15 is 0 Å². The van der Waals surface area contributed by atoms with E-state index in [1.807, 2.05) is 0 Å². The Morgan fingerprint density at radius 1 is 1.67 bits per heavy atom. The van der Waals surface area contributed by atoms with Crippen molar-refractivity contribution in [3.05, 3.63) is 16.4 Å². The fourth-order valence-electron chi connectivity index (χ4n) is 1.03. The smallest absolute Gasteiger partial charge is 0.273 e. The van der Waals surface area contributed by atoms with Crippen molar-refractivity contribution >= 4 is 29.3 Å². The molecule has 15 heavy (non-hydrogen) atoms. The molecule has 1 heterocycles. The van der Waals surface area contributed by atoms with E-state index in [9.17, 15) is 4.79 Å². The molecule has 84 valence electrons. The summed E-state index contributed by atoms with van der Waals surface area (Å²) in [4.78, 5) is 11.6. The van der Waals surface area contributed by atoms with Gasteiger partial charge in [-0.2, -0.15) is 16.9 Å². The van der Waals surface area contributed by atoms with Crippen LogP contribution in [0.4, 0.5) is 0 Å². The zero-order valence-corrected chi connectivity index (χ0v) is 10.3. The van der Waals surface area contributed by atoms with Crippen LogP contribution in [0.3, 0.4) is 0 Å². The number of hydrogen-bond acceptors (Lipinski definition) is 3. The number of carbonyl (C=O) groups is 1. The van der Waals surface area contributed by atoms with E-state index in [0.29, 0.717) is 17.3 Å². The molecule has 1 rings (SSSR count). The van der Waals surface area contributed by atoms with Crippen molar-refractivity contribution in [1.29, 1.82) is 0 Å². The highest BCUT2D eigenvalue weighted by Gasteiger charge is 2.14. The van der Waals surface area contributed by atoms with Crippen molar-refractivity contribution in [3.8, 4) is 0 Å². The SMILES string of the molecule is CCSCCNC(=O)c1n[nH]c(C)c1Cl. The van der Waals surface area contributed by atoms with Gasteiger partial charge in [-0.3, -0.25) is 9.89 Å². The third-order valence-electron chi connectivity index (χ3n) is 1.82. The van der Waals surface area contributed by atoms with E-state index in [2.05, 4.69) is 22.4 Å². The van der Waals surface area contributed by atoms with Gasteiger partial charge < -0.3 is 5.32 Å². The topological polar surface area (TPSA) is 57.8 Å². The average Bonchev–Trinajstić information content (AvgIpc) is 2.55. The molecule has 1 aromatic rings. The summed E-state index contributed by atoms with van der Waals surface area (Å²) in [6.45, 7) is 4.50. The second kappa shape index (κ2) is 6.02. The second-order valence-corrected chi connectivity index (χ2v) is 4.74. The summed E-state index contributed by atoms with van der Waals surface area (Å²) in [5.74, 6) is 1.74. The number of aromatic nitrogens is 2. The number of nitrogens with one attached hydrogen (secondary N) is 2. The third-order valence-corrected chi connectivity index (χ3v) is 3.19. The summed E-state index contributed by atoms with van der Waals surface area (Å²) in [5.41, 5.74) is 0.986. The fourth-order valence-corrected chi connectivity index (χ4v) is 1.74. The quantitative estimate of drug-likeness (QED) is 0.781. The molecule has 1 amide bonds. The summed E-state index contributed by atoms with van der Waals surface area (Å²) in [7, 11) is 0. The Morgan fingerprint density at radius 2 is 2.40 bits per heavy atom. The normalized spacial score (nSPS) is 10.3. The molecule has 0 unspecified atom stereocenters. The summed E-state index contributed by atoms with van der Waals surface area (Å²) in [6.07, 6.45) is 0. The minimum Gasteiger partial charge on any atom is -0.350 e. The van der Waals surface area contributed by atoms with Crippen LogP contribution in [0, 0.1) is 6.92 Å². The first-order valence-corrected chi connectivity index (χ1v) is 6.26. The molecular formula is C9H14ClN3OS. The fraction of sp³-hybridized carbons (Fsp3) is 0.556. The zero-order valence-electron chi connectivity index (χ0n) is 8.76. The van der Waals surface area contributed by atoms with Crippen LogP contribution in [-0.2, 0) is 0 Å². The Balaban J connectivity index is 2.44. The molecule has 1 aromatic heterocycles. The molecule has 0 radical (unpaired) electrons. The van der Waals surface area contributed by atoms with Gasteiger partial charge in [0, 0.05) is 12.3 Å². The van der Waals surface area contributed by atoms with Gasteiger partial charge in [0.2, 0.25) is 0 Å². The Kier molecular flexibility index (Phi) is 4.98. The van der Waals surface area contributed by atoms with Crippen LogP contribution in [0.25, 0.3) is 0 Å². The highest BCUT2D eigenvalue weighted by atomic mass is 35.5. The molecule has 0 bridgehead atoms. The van der Waals surface area contributed by atoms with Crippen LogP contribution in [0.2, 0.25) is 5.02 Å². The maximum Gasteiger partial charge on any atom is 0.273 e. The highest BCUT2D eigenvalue weighted by Crippen LogP contribution is 2.16. The lowest BCUT2D eigenvalue weighted by molar-refractivity contribution is 0.0951. The monoisotopic (exact) mass is 247 g/mol. The van der Waals surface area contributed by atoms with Crippen LogP contribution in [-0.4, -0.2) is 34.2 Å². The molecule has 0 spiro atoms. The molecular weight excluding hydrogens is 234 g/mol. The first-order valence-electron chi connectivity index (χ1n) is 4.73. The molecule has 0 aliphatic carbocycles. The number of aromatic amines is 1. The van der Waals surface area contributed by atoms with Gasteiger partial charge in [0.15, 0.2) is 5.69 Å². The first-order chi connectivity index (χ1) is 7.16. The molecule has 6 heteroatoms. The van der Waals surface area contributed by atoms with E-state index in [0.717, 1.165) is 11.5 Å². The molecule has 0 saturated carbocycles. The number of carbonyl (C=O) groups excluding carboxylic acids is 1. The van der Waals surface area contributed by atoms with Gasteiger partial charge in [-0.05, 0) is 12.7 Å². The van der Waals surface area contributed by atoms with E-state index < -0.39 is 0 Å². The average molecular weight is 248 g/mol. The molecule has 0 aliphatic rings. The van der Waals surface area contributed by atoms with Gasteiger partial charge >= 0.3 is 0 Å². The van der Waals surface area contributed by atoms with E-state index in [-0.39, 0.29) is 11.6 Å². The van der Waals surface area contributed by atoms with Crippen molar-refractivity contribution in [2.45, 2.75) is 13.8 Å². The highest BCUT2D eigenvalue weighted by molar-refractivity contribution is 7.99. The van der Waals surface area contributed by atoms with Gasteiger partial charge in [0.05, 0.1) is 10.7 Å². The number of thioether (sulfide) groups is 1. The maximum atomic E-state index is 11.6. The lowest BCUT2D eigenvalue weighted by Crippen LogP contribution is -2.26. The number of halogens is 1. The summed E-state index contributed by atoms with van der Waals surface area (Å²) < 4.78 is 0. The predicted molar refractivity (Wildman–Crippen MR) is 63.7 cm³/mol. The number of amides is 1. The van der Waals surface area contributed by atoms with Crippen LogP contribution in [0.5, 0.6) is 0 Å². The van der Waals surface area contributed by atoms with Crippen molar-refractivity contribution < 1.29 is 4.79 Å². The largest absolute Gasteiger partial charge is 0.350 e. The zero-order chi connectivity index (χ0) is 11.3. The maximum absolute atomic E-state index is 11.6. The van der Waals surface area contributed by atoms with Crippen molar-refractivity contribution in [2.75, 3.05) is 18.1 Å². The number of aryl methyl sites for hydroxylation is 1. The minimum absolute atomic E-state index is 0.221. The summed E-state index contributed by atoms with van der Waals surface area (Å²) in [6, 6.07) is 0. The molecule has 0 fully saturated rings. The standard InChI is InChI=1S/C9H14ClN3OS/c1-3-15-5-4-11-9(14)8-7(10)6(2)12-13-8/h3-5H2,1-2H3,(H,11,14)(H,12,13). The summed E-state index contributed by atoms with van der Waals surface area (Å²) in [5, 5.41) is 9.67. The third kappa shape index (κ3) is 3.43. The Morgan fingerprint density at radius 3 is 2.93 bits per heavy atom. The van der Waals surface area contributed by atoms with E-state index in [1.54, 1.807) is 18.7 Å². The Hall–Kier alpha value is -0.680.